The van der Waals surface area contributed by atoms with Crippen LogP contribution in [0.2, 0.25) is 5.02 Å². The number of carbonyl (C=O) groups excluding carboxylic acids is 1. The van der Waals surface area contributed by atoms with Crippen LogP contribution in [0.5, 0.6) is 0 Å². The molecule has 12 nitrogen and oxygen atoms in total. The van der Waals surface area contributed by atoms with Gasteiger partial charge in [0.25, 0.3) is 11.5 Å². The molecule has 2 aliphatic heterocycles. The van der Waals surface area contributed by atoms with Crippen LogP contribution in [-0.4, -0.2) is 75.7 Å². The number of benzene rings is 1. The Balaban J connectivity index is 1.14. The molecule has 1 atom stereocenters. The lowest BCUT2D eigenvalue weighted by Gasteiger charge is -2.33. The van der Waals surface area contributed by atoms with E-state index in [1.165, 1.54) is 4.68 Å². The van der Waals surface area contributed by atoms with Gasteiger partial charge in [-0.05, 0) is 50.5 Å². The van der Waals surface area contributed by atoms with Crippen molar-refractivity contribution in [3.05, 3.63) is 75.3 Å². The number of methoxy groups -OCH3 is 1. The number of nitrogens with two attached hydrogens (primary N) is 1. The number of anilines is 3. The van der Waals surface area contributed by atoms with E-state index < -0.39 is 11.5 Å². The fourth-order valence-electron chi connectivity index (χ4n) is 5.97. The molecule has 2 aliphatic rings. The van der Waals surface area contributed by atoms with Crippen LogP contribution in [0.15, 0.2) is 53.5 Å². The predicted molar refractivity (Wildman–Crippen MR) is 171 cm³/mol. The largest absolute Gasteiger partial charge is 0.381 e. The summed E-state index contributed by atoms with van der Waals surface area (Å²) in [5.41, 5.74) is 8.43. The van der Waals surface area contributed by atoms with E-state index in [1.54, 1.807) is 56.2 Å². The number of pyridine rings is 1. The molecule has 0 saturated carbocycles. The first-order valence-electron chi connectivity index (χ1n) is 14.7. The monoisotopic (exact) mass is 617 g/mol. The van der Waals surface area contributed by atoms with Gasteiger partial charge in [0.1, 0.15) is 17.1 Å². The van der Waals surface area contributed by atoms with Crippen LogP contribution in [0.4, 0.5) is 17.5 Å². The highest BCUT2D eigenvalue weighted by atomic mass is 35.5. The average molecular weight is 618 g/mol. The van der Waals surface area contributed by atoms with Crippen molar-refractivity contribution < 1.29 is 9.53 Å². The second-order valence-electron chi connectivity index (χ2n) is 11.2. The van der Waals surface area contributed by atoms with Gasteiger partial charge in [0.2, 0.25) is 0 Å². The molecule has 0 aliphatic carbocycles. The SMILES string of the molecule is COC1CCN(c2cccc(-c3cnc(N)c(N4CCC(NC(=O)c5c(C)n(C)n(-c6ccccc6Cl)c5=O)CC4)n3)n2)C1. The highest BCUT2D eigenvalue weighted by Crippen LogP contribution is 2.28. The summed E-state index contributed by atoms with van der Waals surface area (Å²) in [5, 5.41) is 3.50. The van der Waals surface area contributed by atoms with Crippen LogP contribution >= 0.6 is 11.6 Å². The molecule has 44 heavy (non-hydrogen) atoms. The molecule has 13 heteroatoms. The van der Waals surface area contributed by atoms with Crippen molar-refractivity contribution in [1.29, 1.82) is 0 Å². The molecule has 3 aromatic heterocycles. The molecule has 230 valence electrons. The minimum Gasteiger partial charge on any atom is -0.381 e. The maximum Gasteiger partial charge on any atom is 0.284 e. The zero-order valence-electron chi connectivity index (χ0n) is 25.0. The minimum absolute atomic E-state index is 0.110. The van der Waals surface area contributed by atoms with Crippen molar-refractivity contribution in [2.45, 2.75) is 38.3 Å². The van der Waals surface area contributed by atoms with Gasteiger partial charge in [-0.15, -0.1) is 0 Å². The number of para-hydroxylation sites is 1. The molecular formula is C31H36ClN9O3. The summed E-state index contributed by atoms with van der Waals surface area (Å²) in [6.07, 6.45) is 4.14. The van der Waals surface area contributed by atoms with Gasteiger partial charge in [-0.1, -0.05) is 29.8 Å². The highest BCUT2D eigenvalue weighted by molar-refractivity contribution is 6.32. The Labute approximate surface area is 260 Å². The fraction of sp³-hybridized carbons (Fsp3) is 0.387. The Kier molecular flexibility index (Phi) is 8.28. The van der Waals surface area contributed by atoms with Crippen LogP contribution < -0.4 is 26.4 Å². The van der Waals surface area contributed by atoms with E-state index in [4.69, 9.17) is 32.0 Å². The summed E-state index contributed by atoms with van der Waals surface area (Å²) in [4.78, 5) is 45.2. The molecule has 2 fully saturated rings. The number of rotatable bonds is 7. The normalized spacial score (nSPS) is 17.3. The van der Waals surface area contributed by atoms with E-state index in [0.29, 0.717) is 59.7 Å². The molecule has 0 bridgehead atoms. The Hall–Kier alpha value is -4.42. The van der Waals surface area contributed by atoms with Gasteiger partial charge in [-0.2, -0.15) is 0 Å². The lowest BCUT2D eigenvalue weighted by molar-refractivity contribution is 0.0929. The maximum atomic E-state index is 13.4. The van der Waals surface area contributed by atoms with Crippen LogP contribution in [0, 0.1) is 6.92 Å². The zero-order chi connectivity index (χ0) is 31.0. The van der Waals surface area contributed by atoms with E-state index in [1.807, 2.05) is 18.2 Å². The third-order valence-electron chi connectivity index (χ3n) is 8.57. The zero-order valence-corrected chi connectivity index (χ0v) is 25.8. The quantitative estimate of drug-likeness (QED) is 0.320. The molecular weight excluding hydrogens is 582 g/mol. The van der Waals surface area contributed by atoms with E-state index in [0.717, 1.165) is 31.0 Å². The maximum absolute atomic E-state index is 13.4. The minimum atomic E-state index is -0.408. The van der Waals surface area contributed by atoms with Crippen molar-refractivity contribution in [1.82, 2.24) is 29.6 Å². The van der Waals surface area contributed by atoms with Gasteiger partial charge in [-0.3, -0.25) is 14.3 Å². The van der Waals surface area contributed by atoms with Crippen molar-refractivity contribution >= 4 is 35.0 Å². The number of nitrogens with zero attached hydrogens (tertiary/aromatic N) is 7. The van der Waals surface area contributed by atoms with Gasteiger partial charge in [0.05, 0.1) is 34.4 Å². The number of aromatic nitrogens is 5. The van der Waals surface area contributed by atoms with E-state index >= 15 is 0 Å². The Morgan fingerprint density at radius 3 is 2.50 bits per heavy atom. The average Bonchev–Trinajstić information content (AvgIpc) is 3.60. The molecule has 1 aromatic carbocycles. The number of amides is 1. The Morgan fingerprint density at radius 2 is 1.77 bits per heavy atom. The van der Waals surface area contributed by atoms with E-state index in [9.17, 15) is 9.59 Å². The number of hydrogen-bond donors (Lipinski definition) is 2. The van der Waals surface area contributed by atoms with Gasteiger partial charge >= 0.3 is 0 Å². The van der Waals surface area contributed by atoms with Gasteiger partial charge in [0, 0.05) is 46.4 Å². The lowest BCUT2D eigenvalue weighted by Crippen LogP contribution is -2.46. The molecule has 4 aromatic rings. The van der Waals surface area contributed by atoms with Gasteiger partial charge < -0.3 is 25.6 Å². The molecule has 1 unspecified atom stereocenters. The predicted octanol–water partition coefficient (Wildman–Crippen LogP) is 3.20. The standard InChI is InChI=1S/C31H36ClN9O3/c1-19-27(31(43)41(38(19)2)25-9-5-4-7-22(25)32)30(42)35-20-11-14-39(15-12-20)29-28(33)34-17-24(37-29)23-8-6-10-26(36-23)40-16-13-21(18-40)44-3/h4-10,17,20-21H,11-16,18H2,1-3H3,(H2,33,34)(H,35,42). The number of carbonyl (C=O) groups is 1. The van der Waals surface area contributed by atoms with Crippen molar-refractivity contribution in [3.63, 3.8) is 0 Å². The van der Waals surface area contributed by atoms with Crippen LogP contribution in [0.1, 0.15) is 35.3 Å². The molecule has 3 N–H and O–H groups in total. The van der Waals surface area contributed by atoms with E-state index in [-0.39, 0.29) is 17.7 Å². The summed E-state index contributed by atoms with van der Waals surface area (Å²) in [7, 11) is 3.48. The first-order valence-corrected chi connectivity index (χ1v) is 15.1. The summed E-state index contributed by atoms with van der Waals surface area (Å²) in [5.74, 6) is 1.43. The highest BCUT2D eigenvalue weighted by Gasteiger charge is 2.28. The first kappa shape index (κ1) is 29.6. The molecule has 6 rings (SSSR count). The summed E-state index contributed by atoms with van der Waals surface area (Å²) in [6, 6.07) is 12.8. The van der Waals surface area contributed by atoms with Crippen LogP contribution in [0.25, 0.3) is 17.1 Å². The first-order chi connectivity index (χ1) is 21.2. The smallest absolute Gasteiger partial charge is 0.284 e. The Morgan fingerprint density at radius 1 is 1.02 bits per heavy atom. The molecule has 0 radical (unpaired) electrons. The second-order valence-corrected chi connectivity index (χ2v) is 11.6. The molecule has 0 spiro atoms. The van der Waals surface area contributed by atoms with E-state index in [2.05, 4.69) is 20.1 Å². The fourth-order valence-corrected chi connectivity index (χ4v) is 6.19. The lowest BCUT2D eigenvalue weighted by atomic mass is 10.0. The van der Waals surface area contributed by atoms with Crippen LogP contribution in [-0.2, 0) is 11.8 Å². The van der Waals surface area contributed by atoms with Crippen molar-refractivity contribution in [2.75, 3.05) is 48.8 Å². The second kappa shape index (κ2) is 12.3. The van der Waals surface area contributed by atoms with Crippen molar-refractivity contribution in [3.8, 4) is 17.1 Å². The van der Waals surface area contributed by atoms with Gasteiger partial charge in [0.15, 0.2) is 11.6 Å². The number of ether oxygens (including phenoxy) is 1. The molecule has 2 saturated heterocycles. The third-order valence-corrected chi connectivity index (χ3v) is 8.89. The molecule has 1 amide bonds. The van der Waals surface area contributed by atoms with Crippen LogP contribution in [0.3, 0.4) is 0 Å². The number of nitrogen functional groups attached to an aromatic ring is 1. The number of hydrogen-bond acceptors (Lipinski definition) is 9. The summed E-state index contributed by atoms with van der Waals surface area (Å²) in [6.45, 7) is 4.68. The number of piperidine rings is 1. The molecule has 5 heterocycles. The topological polar surface area (TPSA) is 136 Å². The summed E-state index contributed by atoms with van der Waals surface area (Å²) < 4.78 is 8.59. The number of nitrogens with one attached hydrogen (secondary N) is 1. The van der Waals surface area contributed by atoms with Gasteiger partial charge in [-0.25, -0.2) is 19.6 Å². The summed E-state index contributed by atoms with van der Waals surface area (Å²) >= 11 is 6.36. The van der Waals surface area contributed by atoms with Crippen molar-refractivity contribution in [2.24, 2.45) is 7.05 Å². The third kappa shape index (κ3) is 5.62. The number of halogens is 1. The Bertz CT molecular complexity index is 1750.